The zero-order valence-electron chi connectivity index (χ0n) is 11.0. The van der Waals surface area contributed by atoms with E-state index in [2.05, 4.69) is 30.4 Å². The molecule has 1 aliphatic carbocycles. The van der Waals surface area contributed by atoms with E-state index in [-0.39, 0.29) is 0 Å². The topological polar surface area (TPSA) is 25.2 Å². The van der Waals surface area contributed by atoms with Gasteiger partial charge in [-0.25, -0.2) is 0 Å². The lowest BCUT2D eigenvalue weighted by Gasteiger charge is -2.19. The van der Waals surface area contributed by atoms with Gasteiger partial charge in [0, 0.05) is 11.4 Å². The number of para-hydroxylation sites is 1. The summed E-state index contributed by atoms with van der Waals surface area (Å²) >= 11 is 0. The van der Waals surface area contributed by atoms with E-state index in [1.54, 1.807) is 0 Å². The van der Waals surface area contributed by atoms with Crippen molar-refractivity contribution in [2.75, 3.05) is 0 Å². The van der Waals surface area contributed by atoms with Crippen LogP contribution in [0.4, 0.5) is 0 Å². The minimum atomic E-state index is 0.598. The number of furan rings is 1. The largest absolute Gasteiger partial charge is 0.460 e. The van der Waals surface area contributed by atoms with Crippen molar-refractivity contribution in [1.29, 1.82) is 0 Å². The molecule has 1 saturated carbocycles. The molecule has 2 heteroatoms. The van der Waals surface area contributed by atoms with Gasteiger partial charge in [0.2, 0.25) is 0 Å². The highest BCUT2D eigenvalue weighted by Crippen LogP contribution is 2.27. The van der Waals surface area contributed by atoms with Crippen molar-refractivity contribution in [3.05, 3.63) is 36.1 Å². The first kappa shape index (κ1) is 11.8. The minimum absolute atomic E-state index is 0.598. The van der Waals surface area contributed by atoms with Crippen LogP contribution < -0.4 is 5.32 Å². The van der Waals surface area contributed by atoms with E-state index < -0.39 is 0 Å². The van der Waals surface area contributed by atoms with Crippen LogP contribution >= 0.6 is 0 Å². The number of rotatable bonds is 4. The molecule has 1 heterocycles. The summed E-state index contributed by atoms with van der Waals surface area (Å²) in [5, 5.41) is 4.81. The molecule has 0 radical (unpaired) electrons. The van der Waals surface area contributed by atoms with Crippen LogP contribution in [-0.4, -0.2) is 6.04 Å². The fourth-order valence-electron chi connectivity index (χ4n) is 3.01. The third kappa shape index (κ3) is 2.44. The maximum Gasteiger partial charge on any atom is 0.134 e. The van der Waals surface area contributed by atoms with Crippen LogP contribution in [-0.2, 0) is 6.54 Å². The molecule has 1 atom stereocenters. The Morgan fingerprint density at radius 3 is 2.83 bits per heavy atom. The predicted octanol–water partition coefficient (Wildman–Crippen LogP) is 4.10. The summed E-state index contributed by atoms with van der Waals surface area (Å²) in [6.45, 7) is 3.14. The molecule has 0 aliphatic heterocycles. The van der Waals surface area contributed by atoms with Gasteiger partial charge in [0.15, 0.2) is 0 Å². The lowest BCUT2D eigenvalue weighted by Crippen LogP contribution is -2.31. The van der Waals surface area contributed by atoms with Crippen molar-refractivity contribution in [3.63, 3.8) is 0 Å². The molecule has 96 valence electrons. The second-order valence-corrected chi connectivity index (χ2v) is 5.46. The molecule has 2 nitrogen and oxygen atoms in total. The van der Waals surface area contributed by atoms with Crippen LogP contribution in [0.25, 0.3) is 11.0 Å². The van der Waals surface area contributed by atoms with Crippen LogP contribution in [0.3, 0.4) is 0 Å². The smallest absolute Gasteiger partial charge is 0.134 e. The number of nitrogens with one attached hydrogen (secondary N) is 1. The molecule has 3 rings (SSSR count). The molecule has 1 aromatic carbocycles. The Morgan fingerprint density at radius 2 is 2.06 bits per heavy atom. The third-order valence-electron chi connectivity index (χ3n) is 4.18. The van der Waals surface area contributed by atoms with Crippen molar-refractivity contribution >= 4 is 11.0 Å². The van der Waals surface area contributed by atoms with Gasteiger partial charge in [-0.05, 0) is 37.8 Å². The highest BCUT2D eigenvalue weighted by molar-refractivity contribution is 5.77. The zero-order chi connectivity index (χ0) is 12.4. The SMILES string of the molecule is C[C@@H](NCc1cc2ccccc2o1)C1CCCC1. The summed E-state index contributed by atoms with van der Waals surface area (Å²) < 4.78 is 5.82. The molecular weight excluding hydrogens is 222 g/mol. The Hall–Kier alpha value is -1.28. The minimum Gasteiger partial charge on any atom is -0.460 e. The predicted molar refractivity (Wildman–Crippen MR) is 74.5 cm³/mol. The van der Waals surface area contributed by atoms with Crippen LogP contribution in [0.2, 0.25) is 0 Å². The molecule has 18 heavy (non-hydrogen) atoms. The van der Waals surface area contributed by atoms with Crippen molar-refractivity contribution in [3.8, 4) is 0 Å². The normalized spacial score (nSPS) is 18.5. The Balaban J connectivity index is 1.62. The van der Waals surface area contributed by atoms with Gasteiger partial charge in [-0.1, -0.05) is 31.0 Å². The van der Waals surface area contributed by atoms with E-state index >= 15 is 0 Å². The summed E-state index contributed by atoms with van der Waals surface area (Å²) in [5.74, 6) is 1.90. The van der Waals surface area contributed by atoms with Gasteiger partial charge in [0.25, 0.3) is 0 Å². The van der Waals surface area contributed by atoms with Crippen molar-refractivity contribution in [1.82, 2.24) is 5.32 Å². The van der Waals surface area contributed by atoms with Gasteiger partial charge in [0.05, 0.1) is 6.54 Å². The number of hydrogen-bond acceptors (Lipinski definition) is 2. The molecule has 1 aliphatic rings. The molecule has 1 fully saturated rings. The van der Waals surface area contributed by atoms with E-state index in [1.807, 2.05) is 12.1 Å². The molecule has 0 spiro atoms. The Labute approximate surface area is 108 Å². The van der Waals surface area contributed by atoms with E-state index in [1.165, 1.54) is 31.1 Å². The van der Waals surface area contributed by atoms with Crippen LogP contribution in [0.1, 0.15) is 38.4 Å². The summed E-state index contributed by atoms with van der Waals surface area (Å²) in [6.07, 6.45) is 5.57. The van der Waals surface area contributed by atoms with Crippen LogP contribution in [0, 0.1) is 5.92 Å². The van der Waals surface area contributed by atoms with Gasteiger partial charge < -0.3 is 9.73 Å². The number of hydrogen-bond donors (Lipinski definition) is 1. The Bertz CT molecular complexity index is 478. The average Bonchev–Trinajstić information content (AvgIpc) is 3.04. The van der Waals surface area contributed by atoms with Gasteiger partial charge >= 0.3 is 0 Å². The van der Waals surface area contributed by atoms with Gasteiger partial charge in [-0.2, -0.15) is 0 Å². The first-order valence-corrected chi connectivity index (χ1v) is 7.04. The second kappa shape index (κ2) is 5.15. The second-order valence-electron chi connectivity index (χ2n) is 5.46. The quantitative estimate of drug-likeness (QED) is 0.874. The lowest BCUT2D eigenvalue weighted by molar-refractivity contribution is 0.366. The van der Waals surface area contributed by atoms with Crippen molar-refractivity contribution in [2.24, 2.45) is 5.92 Å². The summed E-state index contributed by atoms with van der Waals surface area (Å²) in [7, 11) is 0. The highest BCUT2D eigenvalue weighted by Gasteiger charge is 2.21. The summed E-state index contributed by atoms with van der Waals surface area (Å²) in [5.41, 5.74) is 0.989. The maximum absolute atomic E-state index is 5.82. The maximum atomic E-state index is 5.82. The van der Waals surface area contributed by atoms with E-state index in [4.69, 9.17) is 4.42 Å². The average molecular weight is 243 g/mol. The number of benzene rings is 1. The van der Waals surface area contributed by atoms with E-state index in [9.17, 15) is 0 Å². The fraction of sp³-hybridized carbons (Fsp3) is 0.500. The molecule has 0 amide bonds. The zero-order valence-corrected chi connectivity index (χ0v) is 11.0. The van der Waals surface area contributed by atoms with Crippen LogP contribution in [0.5, 0.6) is 0 Å². The Kier molecular flexibility index (Phi) is 3.37. The summed E-state index contributed by atoms with van der Waals surface area (Å²) in [6, 6.07) is 10.9. The van der Waals surface area contributed by atoms with Crippen molar-refractivity contribution < 1.29 is 4.42 Å². The third-order valence-corrected chi connectivity index (χ3v) is 4.18. The highest BCUT2D eigenvalue weighted by atomic mass is 16.3. The summed E-state index contributed by atoms with van der Waals surface area (Å²) in [4.78, 5) is 0. The van der Waals surface area contributed by atoms with Crippen LogP contribution in [0.15, 0.2) is 34.7 Å². The molecule has 1 N–H and O–H groups in total. The first-order valence-electron chi connectivity index (χ1n) is 7.04. The van der Waals surface area contributed by atoms with E-state index in [0.717, 1.165) is 23.8 Å². The Morgan fingerprint density at radius 1 is 1.28 bits per heavy atom. The van der Waals surface area contributed by atoms with E-state index in [0.29, 0.717) is 6.04 Å². The van der Waals surface area contributed by atoms with Gasteiger partial charge in [-0.3, -0.25) is 0 Å². The van der Waals surface area contributed by atoms with Gasteiger partial charge in [-0.15, -0.1) is 0 Å². The molecular formula is C16H21NO. The number of fused-ring (bicyclic) bond motifs is 1. The van der Waals surface area contributed by atoms with Gasteiger partial charge in [0.1, 0.15) is 11.3 Å². The molecule has 0 bridgehead atoms. The molecule has 1 aromatic heterocycles. The molecule has 0 unspecified atom stereocenters. The van der Waals surface area contributed by atoms with Crippen molar-refractivity contribution in [2.45, 2.75) is 45.2 Å². The molecule has 2 aromatic rings. The monoisotopic (exact) mass is 243 g/mol. The molecule has 0 saturated heterocycles. The standard InChI is InChI=1S/C16H21NO/c1-12(13-6-2-3-7-13)17-11-15-10-14-8-4-5-9-16(14)18-15/h4-5,8-10,12-13,17H,2-3,6-7,11H2,1H3/t12-/m1/s1. The first-order chi connectivity index (χ1) is 8.83. The lowest BCUT2D eigenvalue weighted by atomic mass is 10.00. The fourth-order valence-corrected chi connectivity index (χ4v) is 3.01.